The monoisotopic (exact) mass is 465 g/mol. The van der Waals surface area contributed by atoms with Crippen molar-refractivity contribution in [3.05, 3.63) is 0 Å². The number of carbonyl (C=O) groups is 1. The minimum Gasteiger partial charge on any atom is -0.376 e. The van der Waals surface area contributed by atoms with Crippen LogP contribution in [0.4, 0.5) is 4.79 Å². The van der Waals surface area contributed by atoms with Gasteiger partial charge in [0.1, 0.15) is 0 Å². The van der Waals surface area contributed by atoms with Crippen LogP contribution in [0.3, 0.4) is 0 Å². The molecule has 1 fully saturated rings. The topological polar surface area (TPSA) is 71.0 Å². The molecule has 6 nitrogen and oxygen atoms in total. The number of nitrogens with zero attached hydrogens (tertiary/aromatic N) is 2. The molecule has 0 unspecified atom stereocenters. The summed E-state index contributed by atoms with van der Waals surface area (Å²) in [4.78, 5) is 28.8. The Morgan fingerprint density at radius 1 is 1.09 bits per heavy atom. The molecule has 0 aromatic heterocycles. The first kappa shape index (κ1) is 29.6. The molecular weight excluding hydrogens is 414 g/mol. The van der Waals surface area contributed by atoms with E-state index in [-0.39, 0.29) is 11.4 Å². The number of nitrogens with one attached hydrogen (secondary N) is 1. The quantitative estimate of drug-likeness (QED) is 0.143. The summed E-state index contributed by atoms with van der Waals surface area (Å²) in [5.74, 6) is 0.676. The zero-order valence-corrected chi connectivity index (χ0v) is 22.0. The van der Waals surface area contributed by atoms with Crippen LogP contribution in [-0.4, -0.2) is 55.9 Å². The molecule has 33 heavy (non-hydrogen) atoms. The minimum atomic E-state index is 0.0496. The summed E-state index contributed by atoms with van der Waals surface area (Å²) in [5.41, 5.74) is 0.0496. The number of aliphatic imine (C=N–C) groups is 1. The molecular formula is C27H51N3O3. The zero-order valence-electron chi connectivity index (χ0n) is 22.0. The summed E-state index contributed by atoms with van der Waals surface area (Å²) in [6, 6.07) is 0.0595. The van der Waals surface area contributed by atoms with Gasteiger partial charge in [0, 0.05) is 19.6 Å². The van der Waals surface area contributed by atoms with Crippen molar-refractivity contribution < 1.29 is 14.3 Å². The number of amides is 2. The molecule has 2 amide bonds. The van der Waals surface area contributed by atoms with Gasteiger partial charge in [-0.05, 0) is 49.9 Å². The molecule has 1 rings (SSSR count). The first-order chi connectivity index (χ1) is 15.9. The normalized spacial score (nSPS) is 18.5. The van der Waals surface area contributed by atoms with Crippen LogP contribution in [0.5, 0.6) is 0 Å². The summed E-state index contributed by atoms with van der Waals surface area (Å²) < 4.78 is 6.27. The van der Waals surface area contributed by atoms with Crippen molar-refractivity contribution in [2.24, 2.45) is 16.3 Å². The van der Waals surface area contributed by atoms with Crippen molar-refractivity contribution in [1.82, 2.24) is 10.2 Å². The molecule has 1 aliphatic carbocycles. The van der Waals surface area contributed by atoms with Crippen LogP contribution in [-0.2, 0) is 9.53 Å². The van der Waals surface area contributed by atoms with E-state index >= 15 is 0 Å². The molecule has 0 heterocycles. The number of isocyanates is 1. The molecule has 0 aromatic rings. The number of unbranched alkanes of at least 4 members (excludes halogenated alkanes) is 5. The van der Waals surface area contributed by atoms with Crippen LogP contribution in [0.25, 0.3) is 0 Å². The summed E-state index contributed by atoms with van der Waals surface area (Å²) >= 11 is 0. The molecule has 0 radical (unpaired) electrons. The maximum absolute atomic E-state index is 12.7. The third-order valence-corrected chi connectivity index (χ3v) is 6.88. The molecule has 0 spiro atoms. The van der Waals surface area contributed by atoms with E-state index < -0.39 is 0 Å². The average Bonchev–Trinajstić information content (AvgIpc) is 2.80. The highest BCUT2D eigenvalue weighted by Crippen LogP contribution is 2.33. The fourth-order valence-corrected chi connectivity index (χ4v) is 4.61. The van der Waals surface area contributed by atoms with Crippen LogP contribution in [0.2, 0.25) is 0 Å². The lowest BCUT2D eigenvalue weighted by Gasteiger charge is -2.32. The van der Waals surface area contributed by atoms with E-state index in [0.29, 0.717) is 31.7 Å². The van der Waals surface area contributed by atoms with Crippen LogP contribution in [0, 0.1) is 11.3 Å². The van der Waals surface area contributed by atoms with E-state index in [1.807, 2.05) is 4.90 Å². The van der Waals surface area contributed by atoms with E-state index in [1.54, 1.807) is 6.08 Å². The minimum absolute atomic E-state index is 0.0496. The number of urea groups is 1. The molecule has 6 heteroatoms. The fourth-order valence-electron chi connectivity index (χ4n) is 4.61. The Balaban J connectivity index is 2.41. The second-order valence-corrected chi connectivity index (χ2v) is 10.6. The van der Waals surface area contributed by atoms with Gasteiger partial charge >= 0.3 is 6.03 Å². The molecule has 2 atom stereocenters. The second kappa shape index (κ2) is 18.0. The van der Waals surface area contributed by atoms with Gasteiger partial charge in [0.15, 0.2) is 0 Å². The molecule has 1 saturated carbocycles. The van der Waals surface area contributed by atoms with Gasteiger partial charge in [-0.1, -0.05) is 72.6 Å². The van der Waals surface area contributed by atoms with Gasteiger partial charge < -0.3 is 15.0 Å². The second-order valence-electron chi connectivity index (χ2n) is 10.6. The predicted octanol–water partition coefficient (Wildman–Crippen LogP) is 6.49. The summed E-state index contributed by atoms with van der Waals surface area (Å²) in [5, 5.41) is 3.08. The van der Waals surface area contributed by atoms with E-state index in [9.17, 15) is 9.59 Å². The number of ether oxygens (including phenoxy) is 1. The lowest BCUT2D eigenvalue weighted by atomic mass is 9.79. The van der Waals surface area contributed by atoms with Gasteiger partial charge in [-0.25, -0.2) is 14.6 Å². The maximum atomic E-state index is 12.7. The zero-order chi connectivity index (χ0) is 24.4. The highest BCUT2D eigenvalue weighted by atomic mass is 16.5. The first-order valence-electron chi connectivity index (χ1n) is 13.6. The molecule has 1 N–H and O–H groups in total. The highest BCUT2D eigenvalue weighted by Gasteiger charge is 2.26. The summed E-state index contributed by atoms with van der Waals surface area (Å²) in [6.07, 6.45) is 17.0. The lowest BCUT2D eigenvalue weighted by Crippen LogP contribution is -2.43. The number of hydrogen-bond donors (Lipinski definition) is 1. The first-order valence-corrected chi connectivity index (χ1v) is 13.6. The van der Waals surface area contributed by atoms with Crippen LogP contribution >= 0.6 is 0 Å². The van der Waals surface area contributed by atoms with E-state index in [1.165, 1.54) is 38.5 Å². The van der Waals surface area contributed by atoms with Crippen LogP contribution < -0.4 is 5.32 Å². The number of hydrogen-bond acceptors (Lipinski definition) is 4. The Kier molecular flexibility index (Phi) is 16.2. The Hall–Kier alpha value is -1.39. The molecule has 0 bridgehead atoms. The molecule has 0 aromatic carbocycles. The van der Waals surface area contributed by atoms with Gasteiger partial charge in [0.2, 0.25) is 6.08 Å². The van der Waals surface area contributed by atoms with E-state index in [4.69, 9.17) is 4.74 Å². The van der Waals surface area contributed by atoms with Crippen LogP contribution in [0.1, 0.15) is 111 Å². The molecule has 1 aliphatic rings. The fraction of sp³-hybridized carbons (Fsp3) is 0.926. The van der Waals surface area contributed by atoms with Crippen molar-refractivity contribution in [2.45, 2.75) is 117 Å². The van der Waals surface area contributed by atoms with Gasteiger partial charge in [-0.3, -0.25) is 0 Å². The van der Waals surface area contributed by atoms with Gasteiger partial charge in [0.25, 0.3) is 0 Å². The molecule has 0 aliphatic heterocycles. The largest absolute Gasteiger partial charge is 0.376 e. The third-order valence-electron chi connectivity index (χ3n) is 6.88. The SMILES string of the molecule is CCCCCCCN(CCO[C@H]1CCC[C@@H](CCC(C)(C)CN=C=O)C1)C(=O)NCCCC. The predicted molar refractivity (Wildman–Crippen MR) is 136 cm³/mol. The number of carbonyl (C=O) groups excluding carboxylic acids is 2. The Morgan fingerprint density at radius 2 is 1.85 bits per heavy atom. The number of rotatable bonds is 18. The Labute approximate surface area is 203 Å². The van der Waals surface area contributed by atoms with Crippen molar-refractivity contribution in [3.8, 4) is 0 Å². The van der Waals surface area contributed by atoms with Gasteiger partial charge in [-0.15, -0.1) is 0 Å². The summed E-state index contributed by atoms with van der Waals surface area (Å²) in [6.45, 7) is 12.1. The maximum Gasteiger partial charge on any atom is 0.317 e. The molecule has 192 valence electrons. The summed E-state index contributed by atoms with van der Waals surface area (Å²) in [7, 11) is 0. The molecule has 0 saturated heterocycles. The third kappa shape index (κ3) is 14.5. The van der Waals surface area contributed by atoms with E-state index in [2.05, 4.69) is 38.0 Å². The standard InChI is InChI=1S/C27H51N3O3/c1-5-7-9-10-11-18-30(26(32)29-17-8-6-2)19-20-33-25-14-12-13-24(21-25)15-16-27(3,4)22-28-23-31/h24-25H,5-22H2,1-4H3,(H,29,32)/t24-,25-/m0/s1. The smallest absolute Gasteiger partial charge is 0.317 e. The van der Waals surface area contributed by atoms with Crippen molar-refractivity contribution in [1.29, 1.82) is 0 Å². The van der Waals surface area contributed by atoms with Crippen LogP contribution in [0.15, 0.2) is 4.99 Å². The van der Waals surface area contributed by atoms with Crippen molar-refractivity contribution >= 4 is 12.1 Å². The Bertz CT molecular complexity index is 561. The van der Waals surface area contributed by atoms with Crippen molar-refractivity contribution in [2.75, 3.05) is 32.8 Å². The van der Waals surface area contributed by atoms with E-state index in [0.717, 1.165) is 58.0 Å². The van der Waals surface area contributed by atoms with Gasteiger partial charge in [0.05, 0.1) is 19.3 Å². The lowest BCUT2D eigenvalue weighted by molar-refractivity contribution is 0.00364. The van der Waals surface area contributed by atoms with Crippen molar-refractivity contribution in [3.63, 3.8) is 0 Å². The highest BCUT2D eigenvalue weighted by molar-refractivity contribution is 5.74. The van der Waals surface area contributed by atoms with Gasteiger partial charge in [-0.2, -0.15) is 0 Å². The Morgan fingerprint density at radius 3 is 2.58 bits per heavy atom. The average molecular weight is 466 g/mol.